The van der Waals surface area contributed by atoms with Gasteiger partial charge in [0.2, 0.25) is 11.8 Å². The van der Waals surface area contributed by atoms with Crippen LogP contribution in [-0.4, -0.2) is 27.9 Å². The largest absolute Gasteiger partial charge is 0.457 e. The number of amides is 2. The number of β-lactam (4-membered cyclic amide) rings is 1. The summed E-state index contributed by atoms with van der Waals surface area (Å²) in [7, 11) is 0. The maximum atomic E-state index is 10.9. The Balaban J connectivity index is 0.000000159. The zero-order chi connectivity index (χ0) is 13.8. The van der Waals surface area contributed by atoms with Gasteiger partial charge in [0, 0.05) is 13.0 Å². The number of rotatable bonds is 3. The third kappa shape index (κ3) is 3.41. The maximum Gasteiger partial charge on any atom is 0.245 e. The lowest BCUT2D eigenvalue weighted by atomic mass is 10.2. The highest BCUT2D eigenvalue weighted by Crippen LogP contribution is 2.32. The molecule has 3 aliphatic heterocycles. The Morgan fingerprint density at radius 2 is 2.16 bits per heavy atom. The smallest absolute Gasteiger partial charge is 0.245 e. The number of carbonyl (C=O) groups excluding carboxylic acids is 2. The van der Waals surface area contributed by atoms with Gasteiger partial charge in [0.1, 0.15) is 16.9 Å². The van der Waals surface area contributed by atoms with Crippen LogP contribution in [0.15, 0.2) is 24.3 Å². The Bertz CT molecular complexity index is 468. The summed E-state index contributed by atoms with van der Waals surface area (Å²) in [4.78, 5) is 21.6. The molecule has 1 N–H and O–H groups in total. The topological polar surface area (TPSA) is 58.6 Å². The second kappa shape index (κ2) is 5.97. The van der Waals surface area contributed by atoms with Crippen molar-refractivity contribution in [2.24, 2.45) is 0 Å². The van der Waals surface area contributed by atoms with Crippen LogP contribution in [0.3, 0.4) is 0 Å². The first-order valence-corrected chi connectivity index (χ1v) is 7.14. The van der Waals surface area contributed by atoms with Crippen molar-refractivity contribution in [1.82, 2.24) is 10.4 Å². The van der Waals surface area contributed by atoms with Crippen LogP contribution < -0.4 is 10.2 Å². The Morgan fingerprint density at radius 3 is 2.47 bits per heavy atom. The van der Waals surface area contributed by atoms with Gasteiger partial charge in [-0.2, -0.15) is 0 Å². The monoisotopic (exact) mass is 280 g/mol. The quantitative estimate of drug-likeness (QED) is 0.875. The minimum absolute atomic E-state index is 0.00356. The highest BCUT2D eigenvalue weighted by Gasteiger charge is 2.36. The van der Waals surface area contributed by atoms with E-state index in [9.17, 15) is 9.59 Å². The van der Waals surface area contributed by atoms with Crippen LogP contribution in [-0.2, 0) is 9.59 Å². The molecule has 2 bridgehead atoms. The highest BCUT2D eigenvalue weighted by atomic mass is 32.2. The molecule has 2 amide bonds. The summed E-state index contributed by atoms with van der Waals surface area (Å²) in [5, 5.41) is 1.54. The van der Waals surface area contributed by atoms with E-state index in [4.69, 9.17) is 4.74 Å². The van der Waals surface area contributed by atoms with E-state index < -0.39 is 0 Å². The normalized spacial score (nSPS) is 18.3. The van der Waals surface area contributed by atoms with Crippen molar-refractivity contribution in [3.05, 3.63) is 24.3 Å². The van der Waals surface area contributed by atoms with Gasteiger partial charge in [-0.3, -0.25) is 15.0 Å². The fraction of sp³-hybridized carbons (Fsp3) is 0.385. The third-order valence-electron chi connectivity index (χ3n) is 2.58. The predicted octanol–water partition coefficient (Wildman–Crippen LogP) is 2.14. The summed E-state index contributed by atoms with van der Waals surface area (Å²) >= 11 is 1.66. The van der Waals surface area contributed by atoms with E-state index in [1.165, 1.54) is 11.9 Å². The number of nitrogens with zero attached hydrogens (tertiary/aromatic N) is 1. The number of nitrogens with one attached hydrogen (secondary N) is 1. The first-order valence-electron chi connectivity index (χ1n) is 6.09. The van der Waals surface area contributed by atoms with Crippen LogP contribution >= 0.6 is 11.8 Å². The molecule has 1 saturated heterocycles. The molecule has 0 saturated carbocycles. The molecule has 5 nitrogen and oxygen atoms in total. The van der Waals surface area contributed by atoms with Gasteiger partial charge < -0.3 is 4.74 Å². The molecule has 0 aliphatic carbocycles. The third-order valence-corrected chi connectivity index (χ3v) is 3.68. The molecule has 1 fully saturated rings. The van der Waals surface area contributed by atoms with Gasteiger partial charge in [0.15, 0.2) is 0 Å². The molecule has 6 heteroatoms. The maximum absolute atomic E-state index is 10.9. The van der Waals surface area contributed by atoms with Gasteiger partial charge in [0.05, 0.1) is 6.42 Å². The summed E-state index contributed by atoms with van der Waals surface area (Å²) in [5.41, 5.74) is 2.49. The number of thioether (sulfide) groups is 1. The van der Waals surface area contributed by atoms with Crippen molar-refractivity contribution in [3.63, 3.8) is 0 Å². The van der Waals surface area contributed by atoms with Gasteiger partial charge >= 0.3 is 0 Å². The molecule has 0 spiro atoms. The lowest BCUT2D eigenvalue weighted by Gasteiger charge is -2.38. The number of benzene rings is 1. The average Bonchev–Trinajstić information content (AvgIpc) is 2.37. The van der Waals surface area contributed by atoms with Crippen molar-refractivity contribution in [1.29, 1.82) is 0 Å². The standard InChI is InChI=1S/C7H12N2O2S.C6H4O/c1-3-12-7-4-6(11)9(7)8-5(2)10;1-2-5-4-6(3-1)7-5/h7H,3-4H2,1-2H3,(H,8,10);1-4H/t7-;/m0./s1. The van der Waals surface area contributed by atoms with Crippen LogP contribution in [0.25, 0.3) is 0 Å². The number of hydrazine groups is 1. The predicted molar refractivity (Wildman–Crippen MR) is 73.7 cm³/mol. The SMILES string of the molecule is CCS[C@H]1CC(=O)N1NC(C)=O.c1cc2cc(c1)O2. The second-order valence-electron chi connectivity index (χ2n) is 4.12. The van der Waals surface area contributed by atoms with Crippen LogP contribution in [0.5, 0.6) is 11.5 Å². The van der Waals surface area contributed by atoms with Crippen molar-refractivity contribution < 1.29 is 14.3 Å². The zero-order valence-corrected chi connectivity index (χ0v) is 11.7. The number of hydrogen-bond donors (Lipinski definition) is 1. The van der Waals surface area contributed by atoms with Crippen molar-refractivity contribution >= 4 is 23.6 Å². The van der Waals surface area contributed by atoms with E-state index in [2.05, 4.69) is 5.43 Å². The van der Waals surface area contributed by atoms with Gasteiger partial charge in [-0.05, 0) is 17.9 Å². The Kier molecular flexibility index (Phi) is 4.31. The fourth-order valence-corrected chi connectivity index (χ4v) is 2.66. The van der Waals surface area contributed by atoms with Gasteiger partial charge in [-0.25, -0.2) is 5.01 Å². The molecule has 1 atom stereocenters. The van der Waals surface area contributed by atoms with Gasteiger partial charge in [-0.15, -0.1) is 11.8 Å². The van der Waals surface area contributed by atoms with Gasteiger partial charge in [-0.1, -0.05) is 13.0 Å². The van der Waals surface area contributed by atoms with Crippen LogP contribution in [0.2, 0.25) is 0 Å². The first-order chi connectivity index (χ1) is 9.10. The van der Waals surface area contributed by atoms with E-state index in [0.717, 1.165) is 17.3 Å². The van der Waals surface area contributed by atoms with E-state index in [-0.39, 0.29) is 17.2 Å². The van der Waals surface area contributed by atoms with Crippen molar-refractivity contribution in [2.75, 3.05) is 5.75 Å². The van der Waals surface area contributed by atoms with E-state index >= 15 is 0 Å². The molecule has 0 aromatic heterocycles. The number of fused-ring (bicyclic) bond motifs is 2. The molecule has 19 heavy (non-hydrogen) atoms. The van der Waals surface area contributed by atoms with Crippen molar-refractivity contribution in [3.8, 4) is 11.5 Å². The summed E-state index contributed by atoms with van der Waals surface area (Å²) in [5.74, 6) is 2.73. The van der Waals surface area contributed by atoms with Gasteiger partial charge in [0.25, 0.3) is 0 Å². The van der Waals surface area contributed by atoms with Crippen molar-refractivity contribution in [2.45, 2.75) is 25.6 Å². The summed E-state index contributed by atoms with van der Waals surface area (Å²) in [6, 6.07) is 7.86. The summed E-state index contributed by atoms with van der Waals surface area (Å²) < 4.78 is 5.01. The molecule has 1 aromatic rings. The summed E-state index contributed by atoms with van der Waals surface area (Å²) in [6.07, 6.45) is 0.540. The molecule has 102 valence electrons. The van der Waals surface area contributed by atoms with E-state index in [0.29, 0.717) is 6.42 Å². The molecule has 3 heterocycles. The zero-order valence-electron chi connectivity index (χ0n) is 10.9. The van der Waals surface area contributed by atoms with E-state index in [1.807, 2.05) is 31.2 Å². The Hall–Kier alpha value is -1.69. The number of ether oxygens (including phenoxy) is 1. The number of hydrogen-bond acceptors (Lipinski definition) is 4. The summed E-state index contributed by atoms with van der Waals surface area (Å²) in [6.45, 7) is 3.43. The Morgan fingerprint density at radius 1 is 1.53 bits per heavy atom. The second-order valence-corrected chi connectivity index (χ2v) is 5.58. The Labute approximate surface area is 116 Å². The molecule has 4 rings (SSSR count). The molecule has 0 unspecified atom stereocenters. The lowest BCUT2D eigenvalue weighted by Crippen LogP contribution is -2.59. The minimum atomic E-state index is -0.190. The average molecular weight is 280 g/mol. The minimum Gasteiger partial charge on any atom is -0.457 e. The van der Waals surface area contributed by atoms with Crippen LogP contribution in [0.1, 0.15) is 20.3 Å². The molecule has 3 aliphatic rings. The molecular weight excluding hydrogens is 264 g/mol. The van der Waals surface area contributed by atoms with Crippen LogP contribution in [0, 0.1) is 0 Å². The van der Waals surface area contributed by atoms with Crippen LogP contribution in [0.4, 0.5) is 0 Å². The molecule has 1 aromatic carbocycles. The molecule has 0 radical (unpaired) electrons. The van der Waals surface area contributed by atoms with E-state index in [1.54, 1.807) is 11.8 Å². The number of carbonyl (C=O) groups is 2. The highest BCUT2D eigenvalue weighted by molar-refractivity contribution is 7.99. The first kappa shape index (κ1) is 13.7. The fourth-order valence-electron chi connectivity index (χ4n) is 1.70. The lowest BCUT2D eigenvalue weighted by molar-refractivity contribution is -0.151. The molecular formula is C13H16N2O3S.